The molecule has 0 spiro atoms. The number of carbonyl (C=O) groups is 1. The van der Waals surface area contributed by atoms with Gasteiger partial charge in [-0.05, 0) is 19.1 Å². The van der Waals surface area contributed by atoms with E-state index in [2.05, 4.69) is 0 Å². The first-order valence-corrected chi connectivity index (χ1v) is 4.95. The van der Waals surface area contributed by atoms with Gasteiger partial charge in [0.1, 0.15) is 0 Å². The summed E-state index contributed by atoms with van der Waals surface area (Å²) in [6, 6.07) is 3.02. The largest absolute Gasteiger partial charge is 0.504 e. The molecule has 0 aliphatic rings. The minimum absolute atomic E-state index is 0.101. The van der Waals surface area contributed by atoms with Crippen LogP contribution in [0.3, 0.4) is 0 Å². The summed E-state index contributed by atoms with van der Waals surface area (Å²) in [6.07, 6.45) is 0. The van der Waals surface area contributed by atoms with E-state index in [1.165, 1.54) is 6.07 Å². The lowest BCUT2D eigenvalue weighted by Crippen LogP contribution is -2.16. The lowest BCUT2D eigenvalue weighted by molar-refractivity contribution is 0.0527. The van der Waals surface area contributed by atoms with Crippen molar-refractivity contribution in [1.29, 1.82) is 0 Å². The van der Waals surface area contributed by atoms with Gasteiger partial charge in [-0.25, -0.2) is 4.79 Å². The molecule has 0 unspecified atom stereocenters. The van der Waals surface area contributed by atoms with Crippen molar-refractivity contribution in [3.8, 4) is 5.75 Å². The van der Waals surface area contributed by atoms with E-state index < -0.39 is 5.97 Å². The molecule has 0 bridgehead atoms. The van der Waals surface area contributed by atoms with Gasteiger partial charge >= 0.3 is 5.97 Å². The van der Waals surface area contributed by atoms with Crippen LogP contribution in [0.25, 0.3) is 0 Å². The third-order valence-electron chi connectivity index (χ3n) is 2.12. The van der Waals surface area contributed by atoms with Gasteiger partial charge in [-0.15, -0.1) is 0 Å². The maximum atomic E-state index is 11.6. The second-order valence-corrected chi connectivity index (χ2v) is 3.51. The smallest absolute Gasteiger partial charge is 0.340 e. The van der Waals surface area contributed by atoms with E-state index in [1.807, 2.05) is 0 Å². The molecule has 0 heterocycles. The van der Waals surface area contributed by atoms with Crippen molar-refractivity contribution in [2.24, 2.45) is 0 Å². The molecule has 0 aromatic heterocycles. The zero-order chi connectivity index (χ0) is 12.3. The molecule has 0 saturated carbocycles. The fraction of sp³-hybridized carbons (Fsp3) is 0.364. The Labute approximate surface area is 94.4 Å². The average molecular weight is 224 g/mol. The van der Waals surface area contributed by atoms with Crippen LogP contribution in [0.15, 0.2) is 12.1 Å². The predicted molar refractivity (Wildman–Crippen MR) is 62.8 cm³/mol. The zero-order valence-corrected chi connectivity index (χ0v) is 9.65. The molecule has 0 aliphatic heterocycles. The van der Waals surface area contributed by atoms with Crippen molar-refractivity contribution >= 4 is 17.3 Å². The monoisotopic (exact) mass is 224 g/mol. The summed E-state index contributed by atoms with van der Waals surface area (Å²) in [5.74, 6) is -0.572. The third-order valence-corrected chi connectivity index (χ3v) is 2.12. The first-order chi connectivity index (χ1) is 7.49. The number of ether oxygens (including phenoxy) is 1. The van der Waals surface area contributed by atoms with Crippen molar-refractivity contribution in [2.75, 3.05) is 31.3 Å². The van der Waals surface area contributed by atoms with Crippen LogP contribution in [0, 0.1) is 0 Å². The van der Waals surface area contributed by atoms with Crippen LogP contribution in [-0.2, 0) is 4.74 Å². The molecular formula is C11H16N2O3. The number of nitrogens with zero attached hydrogens (tertiary/aromatic N) is 1. The molecule has 0 amide bonds. The van der Waals surface area contributed by atoms with Gasteiger partial charge in [-0.3, -0.25) is 0 Å². The number of hydrogen-bond donors (Lipinski definition) is 2. The average Bonchev–Trinajstić information content (AvgIpc) is 2.21. The molecule has 0 saturated heterocycles. The Kier molecular flexibility index (Phi) is 3.60. The summed E-state index contributed by atoms with van der Waals surface area (Å²) >= 11 is 0. The molecule has 1 aromatic carbocycles. The number of nitrogen functional groups attached to an aromatic ring is 1. The Hall–Kier alpha value is -1.91. The standard InChI is InChI=1S/C11H16N2O3/c1-4-16-11(15)7-5-6-8(12)10(14)9(7)13(2)3/h5-6,14H,4,12H2,1-3H3. The van der Waals surface area contributed by atoms with E-state index in [-0.39, 0.29) is 18.0 Å². The number of carbonyl (C=O) groups excluding carboxylic acids is 1. The molecule has 5 nitrogen and oxygen atoms in total. The second kappa shape index (κ2) is 4.74. The van der Waals surface area contributed by atoms with Gasteiger partial charge in [0.2, 0.25) is 0 Å². The van der Waals surface area contributed by atoms with Gasteiger partial charge in [0.05, 0.1) is 23.5 Å². The van der Waals surface area contributed by atoms with Gasteiger partial charge < -0.3 is 20.5 Å². The van der Waals surface area contributed by atoms with E-state index in [0.717, 1.165) is 0 Å². The van der Waals surface area contributed by atoms with Gasteiger partial charge in [0.25, 0.3) is 0 Å². The number of benzene rings is 1. The Bertz CT molecular complexity index is 402. The molecule has 3 N–H and O–H groups in total. The first-order valence-electron chi connectivity index (χ1n) is 4.95. The van der Waals surface area contributed by atoms with Gasteiger partial charge in [0.15, 0.2) is 5.75 Å². The van der Waals surface area contributed by atoms with Gasteiger partial charge in [0, 0.05) is 14.1 Å². The minimum Gasteiger partial charge on any atom is -0.504 e. The highest BCUT2D eigenvalue weighted by molar-refractivity contribution is 5.99. The summed E-state index contributed by atoms with van der Waals surface area (Å²) in [7, 11) is 3.44. The number of nitrogens with two attached hydrogens (primary N) is 1. The summed E-state index contributed by atoms with van der Waals surface area (Å²) in [4.78, 5) is 13.3. The van der Waals surface area contributed by atoms with Crippen molar-refractivity contribution < 1.29 is 14.6 Å². The number of esters is 1. The summed E-state index contributed by atoms with van der Waals surface area (Å²) in [5.41, 5.74) is 6.48. The molecule has 0 aliphatic carbocycles. The summed E-state index contributed by atoms with van der Waals surface area (Å²) in [5, 5.41) is 9.79. The Morgan fingerprint density at radius 3 is 2.62 bits per heavy atom. The number of phenols is 1. The van der Waals surface area contributed by atoms with E-state index in [1.54, 1.807) is 32.0 Å². The van der Waals surface area contributed by atoms with Crippen molar-refractivity contribution in [3.63, 3.8) is 0 Å². The zero-order valence-electron chi connectivity index (χ0n) is 9.65. The fourth-order valence-corrected chi connectivity index (χ4v) is 1.42. The van der Waals surface area contributed by atoms with Crippen LogP contribution in [-0.4, -0.2) is 31.8 Å². The van der Waals surface area contributed by atoms with Crippen LogP contribution >= 0.6 is 0 Å². The molecule has 0 fully saturated rings. The number of aromatic hydroxyl groups is 1. The maximum absolute atomic E-state index is 11.6. The van der Waals surface area contributed by atoms with Crippen LogP contribution in [0.2, 0.25) is 0 Å². The van der Waals surface area contributed by atoms with Crippen LogP contribution in [0.5, 0.6) is 5.75 Å². The van der Waals surface area contributed by atoms with Gasteiger partial charge in [-0.2, -0.15) is 0 Å². The minimum atomic E-state index is -0.471. The van der Waals surface area contributed by atoms with Crippen LogP contribution < -0.4 is 10.6 Å². The molecule has 88 valence electrons. The highest BCUT2D eigenvalue weighted by Gasteiger charge is 2.19. The molecule has 0 atom stereocenters. The first kappa shape index (κ1) is 12.2. The lowest BCUT2D eigenvalue weighted by atomic mass is 10.1. The van der Waals surface area contributed by atoms with Crippen molar-refractivity contribution in [3.05, 3.63) is 17.7 Å². The Balaban J connectivity index is 3.28. The molecular weight excluding hydrogens is 208 g/mol. The van der Waals surface area contributed by atoms with E-state index in [4.69, 9.17) is 10.5 Å². The van der Waals surface area contributed by atoms with Crippen molar-refractivity contribution in [1.82, 2.24) is 0 Å². The number of hydrogen-bond acceptors (Lipinski definition) is 5. The molecule has 1 aromatic rings. The number of rotatable bonds is 3. The predicted octanol–water partition coefficient (Wildman–Crippen LogP) is 1.22. The van der Waals surface area contributed by atoms with Gasteiger partial charge in [-0.1, -0.05) is 0 Å². The SMILES string of the molecule is CCOC(=O)c1ccc(N)c(O)c1N(C)C. The maximum Gasteiger partial charge on any atom is 0.340 e. The molecule has 0 radical (unpaired) electrons. The van der Waals surface area contributed by atoms with Crippen LogP contribution in [0.1, 0.15) is 17.3 Å². The third kappa shape index (κ3) is 2.18. The fourth-order valence-electron chi connectivity index (χ4n) is 1.42. The normalized spacial score (nSPS) is 9.94. The highest BCUT2D eigenvalue weighted by atomic mass is 16.5. The lowest BCUT2D eigenvalue weighted by Gasteiger charge is -2.19. The Morgan fingerprint density at radius 2 is 2.12 bits per heavy atom. The Morgan fingerprint density at radius 1 is 1.50 bits per heavy atom. The quantitative estimate of drug-likeness (QED) is 0.458. The van der Waals surface area contributed by atoms with E-state index in [0.29, 0.717) is 11.3 Å². The topological polar surface area (TPSA) is 75.8 Å². The summed E-state index contributed by atoms with van der Waals surface area (Å²) < 4.78 is 4.90. The number of phenolic OH excluding ortho intramolecular Hbond substituents is 1. The molecule has 1 rings (SSSR count). The van der Waals surface area contributed by atoms with E-state index >= 15 is 0 Å². The number of anilines is 2. The highest BCUT2D eigenvalue weighted by Crippen LogP contribution is 2.35. The van der Waals surface area contributed by atoms with Crippen LogP contribution in [0.4, 0.5) is 11.4 Å². The van der Waals surface area contributed by atoms with E-state index in [9.17, 15) is 9.90 Å². The second-order valence-electron chi connectivity index (χ2n) is 3.51. The summed E-state index contributed by atoms with van der Waals surface area (Å²) in [6.45, 7) is 2.02. The van der Waals surface area contributed by atoms with Crippen molar-refractivity contribution in [2.45, 2.75) is 6.92 Å². The molecule has 16 heavy (non-hydrogen) atoms. The molecule has 5 heteroatoms.